The maximum Gasteiger partial charge on any atom is 0.252 e. The topological polar surface area (TPSA) is 63.4 Å². The molecular weight excluding hydrogens is 352 g/mol. The first-order chi connectivity index (χ1) is 13.8. The Labute approximate surface area is 164 Å². The Kier molecular flexibility index (Phi) is 5.73. The van der Waals surface area contributed by atoms with Crippen LogP contribution in [0.4, 0.5) is 5.69 Å². The third-order valence-electron chi connectivity index (χ3n) is 4.88. The molecule has 1 atom stereocenters. The van der Waals surface area contributed by atoms with Crippen molar-refractivity contribution in [2.24, 2.45) is 0 Å². The molecular formula is C23H24N2O3. The second-order valence-electron chi connectivity index (χ2n) is 6.93. The lowest BCUT2D eigenvalue weighted by Gasteiger charge is -2.12. The van der Waals surface area contributed by atoms with Gasteiger partial charge in [0.15, 0.2) is 0 Å². The lowest BCUT2D eigenvalue weighted by Crippen LogP contribution is -2.16. The largest absolute Gasteiger partial charge is 0.491 e. The van der Waals surface area contributed by atoms with Gasteiger partial charge in [-0.3, -0.25) is 4.79 Å². The zero-order valence-corrected chi connectivity index (χ0v) is 15.7. The number of benzene rings is 2. The second kappa shape index (κ2) is 8.76. The minimum Gasteiger partial charge on any atom is -0.491 e. The van der Waals surface area contributed by atoms with Crippen LogP contribution >= 0.6 is 0 Å². The van der Waals surface area contributed by atoms with Gasteiger partial charge in [0.05, 0.1) is 6.10 Å². The van der Waals surface area contributed by atoms with Gasteiger partial charge >= 0.3 is 0 Å². The highest BCUT2D eigenvalue weighted by molar-refractivity contribution is 5.63. The van der Waals surface area contributed by atoms with Crippen LogP contribution in [0.3, 0.4) is 0 Å². The molecule has 1 unspecified atom stereocenters. The molecule has 2 aromatic carbocycles. The predicted molar refractivity (Wildman–Crippen MR) is 111 cm³/mol. The van der Waals surface area contributed by atoms with E-state index >= 15 is 0 Å². The van der Waals surface area contributed by atoms with Gasteiger partial charge in [-0.05, 0) is 54.3 Å². The van der Waals surface area contributed by atoms with Crippen molar-refractivity contribution in [2.75, 3.05) is 18.5 Å². The fourth-order valence-corrected chi connectivity index (χ4v) is 3.29. The maximum absolute atomic E-state index is 12.2. The molecule has 1 saturated heterocycles. The summed E-state index contributed by atoms with van der Waals surface area (Å²) in [7, 11) is 0. The van der Waals surface area contributed by atoms with Crippen molar-refractivity contribution >= 4 is 5.69 Å². The molecule has 5 heteroatoms. The van der Waals surface area contributed by atoms with E-state index in [9.17, 15) is 4.79 Å². The van der Waals surface area contributed by atoms with Crippen LogP contribution < -0.4 is 15.6 Å². The molecule has 0 bridgehead atoms. The molecule has 3 aromatic rings. The zero-order chi connectivity index (χ0) is 19.2. The number of ether oxygens (including phenoxy) is 2. The lowest BCUT2D eigenvalue weighted by atomic mass is 10.1. The third-order valence-corrected chi connectivity index (χ3v) is 4.88. The van der Waals surface area contributed by atoms with Crippen LogP contribution in [-0.4, -0.2) is 24.3 Å². The summed E-state index contributed by atoms with van der Waals surface area (Å²) >= 11 is 0. The molecule has 2 N–H and O–H groups in total. The van der Waals surface area contributed by atoms with E-state index in [-0.39, 0.29) is 11.7 Å². The Morgan fingerprint density at radius 2 is 1.89 bits per heavy atom. The van der Waals surface area contributed by atoms with Crippen molar-refractivity contribution in [2.45, 2.75) is 25.5 Å². The average molecular weight is 376 g/mol. The van der Waals surface area contributed by atoms with Crippen LogP contribution in [0.5, 0.6) is 5.75 Å². The third kappa shape index (κ3) is 4.61. The SMILES string of the molecule is O=c1[nH]cc(-c2ccccc2)cc1CNc1ccc(OCC2CCCO2)cc1. The lowest BCUT2D eigenvalue weighted by molar-refractivity contribution is 0.0679. The number of aromatic amines is 1. The normalized spacial score (nSPS) is 16.1. The number of rotatable bonds is 7. The molecule has 5 nitrogen and oxygen atoms in total. The number of aromatic nitrogens is 1. The van der Waals surface area contributed by atoms with Crippen molar-refractivity contribution in [3.8, 4) is 16.9 Å². The summed E-state index contributed by atoms with van der Waals surface area (Å²) in [5.41, 5.74) is 3.63. The molecule has 1 aliphatic heterocycles. The molecule has 0 saturated carbocycles. The summed E-state index contributed by atoms with van der Waals surface area (Å²) in [6, 6.07) is 19.7. The van der Waals surface area contributed by atoms with Crippen molar-refractivity contribution in [1.82, 2.24) is 4.98 Å². The van der Waals surface area contributed by atoms with Gasteiger partial charge < -0.3 is 19.8 Å². The Morgan fingerprint density at radius 3 is 2.64 bits per heavy atom. The summed E-state index contributed by atoms with van der Waals surface area (Å²) in [6.07, 6.45) is 4.14. The van der Waals surface area contributed by atoms with Crippen LogP contribution in [0.25, 0.3) is 11.1 Å². The standard InChI is InChI=1S/C23H24N2O3/c26-23-19(13-18(14-25-23)17-5-2-1-3-6-17)15-24-20-8-10-21(11-9-20)28-16-22-7-4-12-27-22/h1-3,5-6,8-11,13-14,22,24H,4,7,12,15-16H2,(H,25,26). The summed E-state index contributed by atoms with van der Waals surface area (Å²) in [5, 5.41) is 3.30. The van der Waals surface area contributed by atoms with E-state index in [0.717, 1.165) is 42.0 Å². The molecule has 4 rings (SSSR count). The summed E-state index contributed by atoms with van der Waals surface area (Å²) in [6.45, 7) is 1.88. The van der Waals surface area contributed by atoms with Gasteiger partial charge in [0, 0.05) is 30.6 Å². The average Bonchev–Trinajstić information content (AvgIpc) is 3.27. The summed E-state index contributed by atoms with van der Waals surface area (Å²) in [5.74, 6) is 0.824. The minimum absolute atomic E-state index is 0.0799. The van der Waals surface area contributed by atoms with Crippen molar-refractivity contribution < 1.29 is 9.47 Å². The molecule has 0 radical (unpaired) electrons. The molecule has 2 heterocycles. The van der Waals surface area contributed by atoms with E-state index in [0.29, 0.717) is 18.7 Å². The number of pyridine rings is 1. The van der Waals surface area contributed by atoms with E-state index in [1.165, 1.54) is 0 Å². The quantitative estimate of drug-likeness (QED) is 0.648. The molecule has 0 spiro atoms. The Hall–Kier alpha value is -3.05. The second-order valence-corrected chi connectivity index (χ2v) is 6.93. The highest BCUT2D eigenvalue weighted by Crippen LogP contribution is 2.20. The highest BCUT2D eigenvalue weighted by atomic mass is 16.5. The number of nitrogens with one attached hydrogen (secondary N) is 2. The van der Waals surface area contributed by atoms with E-state index in [1.54, 1.807) is 6.20 Å². The fourth-order valence-electron chi connectivity index (χ4n) is 3.29. The van der Waals surface area contributed by atoms with Gasteiger partial charge in [0.25, 0.3) is 5.56 Å². The van der Waals surface area contributed by atoms with Crippen molar-refractivity contribution in [1.29, 1.82) is 0 Å². The number of anilines is 1. The Morgan fingerprint density at radius 1 is 1.07 bits per heavy atom. The van der Waals surface area contributed by atoms with Gasteiger partial charge in [0.1, 0.15) is 12.4 Å². The van der Waals surface area contributed by atoms with Crippen molar-refractivity contribution in [3.63, 3.8) is 0 Å². The van der Waals surface area contributed by atoms with Crippen LogP contribution in [0.2, 0.25) is 0 Å². The van der Waals surface area contributed by atoms with Crippen LogP contribution in [-0.2, 0) is 11.3 Å². The van der Waals surface area contributed by atoms with E-state index in [2.05, 4.69) is 10.3 Å². The van der Waals surface area contributed by atoms with Gasteiger partial charge in [0.2, 0.25) is 0 Å². The van der Waals surface area contributed by atoms with Gasteiger partial charge in [-0.15, -0.1) is 0 Å². The Balaban J connectivity index is 1.37. The van der Waals surface area contributed by atoms with E-state index in [1.807, 2.05) is 60.7 Å². The molecule has 0 aliphatic carbocycles. The van der Waals surface area contributed by atoms with Crippen LogP contribution in [0.15, 0.2) is 71.7 Å². The molecule has 1 aliphatic rings. The fraction of sp³-hybridized carbons (Fsp3) is 0.261. The van der Waals surface area contributed by atoms with E-state index < -0.39 is 0 Å². The van der Waals surface area contributed by atoms with Crippen molar-refractivity contribution in [3.05, 3.63) is 82.8 Å². The summed E-state index contributed by atoms with van der Waals surface area (Å²) < 4.78 is 11.4. The number of hydrogen-bond acceptors (Lipinski definition) is 4. The predicted octanol–water partition coefficient (Wildman–Crippen LogP) is 4.21. The van der Waals surface area contributed by atoms with Gasteiger partial charge in [-0.2, -0.15) is 0 Å². The molecule has 144 valence electrons. The maximum atomic E-state index is 12.2. The van der Waals surface area contributed by atoms with Gasteiger partial charge in [-0.1, -0.05) is 30.3 Å². The van der Waals surface area contributed by atoms with Gasteiger partial charge in [-0.25, -0.2) is 0 Å². The molecule has 28 heavy (non-hydrogen) atoms. The van der Waals surface area contributed by atoms with Crippen LogP contribution in [0.1, 0.15) is 18.4 Å². The number of H-pyrrole nitrogens is 1. The zero-order valence-electron chi connectivity index (χ0n) is 15.7. The van der Waals surface area contributed by atoms with Crippen LogP contribution in [0, 0.1) is 0 Å². The molecule has 1 aromatic heterocycles. The first-order valence-corrected chi connectivity index (χ1v) is 9.63. The van der Waals surface area contributed by atoms with E-state index in [4.69, 9.17) is 9.47 Å². The monoisotopic (exact) mass is 376 g/mol. The number of hydrogen-bond donors (Lipinski definition) is 2. The highest BCUT2D eigenvalue weighted by Gasteiger charge is 2.15. The smallest absolute Gasteiger partial charge is 0.252 e. The minimum atomic E-state index is -0.0799. The molecule has 0 amide bonds. The molecule has 1 fully saturated rings. The Bertz CT molecular complexity index is 946. The summed E-state index contributed by atoms with van der Waals surface area (Å²) in [4.78, 5) is 15.0. The first kappa shape index (κ1) is 18.3. The first-order valence-electron chi connectivity index (χ1n) is 9.63.